The second-order valence-corrected chi connectivity index (χ2v) is 14.3. The van der Waals surface area contributed by atoms with E-state index in [1.807, 2.05) is 24.3 Å². The predicted octanol–water partition coefficient (Wildman–Crippen LogP) is 7.59. The third-order valence-electron chi connectivity index (χ3n) is 10.2. The molecule has 3 aliphatic rings. The van der Waals surface area contributed by atoms with E-state index < -0.39 is 0 Å². The van der Waals surface area contributed by atoms with Crippen LogP contribution in [0.2, 0.25) is 5.02 Å². The van der Waals surface area contributed by atoms with E-state index in [0.29, 0.717) is 34.1 Å². The zero-order chi connectivity index (χ0) is 30.4. The third-order valence-corrected chi connectivity index (χ3v) is 10.5. The number of aromatic nitrogens is 4. The van der Waals surface area contributed by atoms with Crippen LogP contribution in [0.5, 0.6) is 0 Å². The maximum atomic E-state index is 10.0. The number of hydrogen-bond acceptors (Lipinski definition) is 7. The van der Waals surface area contributed by atoms with Gasteiger partial charge in [-0.05, 0) is 82.4 Å². The summed E-state index contributed by atoms with van der Waals surface area (Å²) in [5.74, 6) is 1.46. The monoisotopic (exact) mass is 608 g/mol. The maximum absolute atomic E-state index is 10.0. The van der Waals surface area contributed by atoms with Crippen LogP contribution in [0.3, 0.4) is 0 Å². The van der Waals surface area contributed by atoms with Crippen molar-refractivity contribution in [3.8, 4) is 6.07 Å². The average Bonchev–Trinajstić information content (AvgIpc) is 3.79. The number of rotatable bonds is 7. The summed E-state index contributed by atoms with van der Waals surface area (Å²) in [6.07, 6.45) is 10.9. The van der Waals surface area contributed by atoms with Crippen LogP contribution in [0.15, 0.2) is 54.9 Å². The summed E-state index contributed by atoms with van der Waals surface area (Å²) in [6, 6.07) is 17.2. The SMILES string of the molecule is CC(C)(C)N1CCC(n2cc(C(Nc3cc(Cl)c4ncc(C#N)c(NC5CC6CCC5C6)c4c3)c3ccccc3)nn2)CC1. The molecule has 3 heterocycles. The smallest absolute Gasteiger partial charge is 0.109 e. The van der Waals surface area contributed by atoms with Crippen LogP contribution in [0.4, 0.5) is 11.4 Å². The van der Waals surface area contributed by atoms with Gasteiger partial charge in [-0.25, -0.2) is 4.68 Å². The molecule has 0 spiro atoms. The largest absolute Gasteiger partial charge is 0.380 e. The van der Waals surface area contributed by atoms with Crippen molar-refractivity contribution >= 4 is 33.9 Å². The highest BCUT2D eigenvalue weighted by Crippen LogP contribution is 2.46. The highest BCUT2D eigenvalue weighted by molar-refractivity contribution is 6.35. The highest BCUT2D eigenvalue weighted by atomic mass is 35.5. The van der Waals surface area contributed by atoms with Crippen molar-refractivity contribution in [2.75, 3.05) is 23.7 Å². The van der Waals surface area contributed by atoms with Gasteiger partial charge in [-0.3, -0.25) is 9.88 Å². The number of nitrogens with one attached hydrogen (secondary N) is 2. The second-order valence-electron chi connectivity index (χ2n) is 13.9. The lowest BCUT2D eigenvalue weighted by atomic mass is 9.94. The van der Waals surface area contributed by atoms with Crippen molar-refractivity contribution in [3.05, 3.63) is 76.7 Å². The van der Waals surface area contributed by atoms with E-state index in [2.05, 4.69) is 86.7 Å². The fourth-order valence-corrected chi connectivity index (χ4v) is 8.00. The number of pyridine rings is 1. The van der Waals surface area contributed by atoms with Crippen LogP contribution >= 0.6 is 11.6 Å². The first-order chi connectivity index (χ1) is 21.3. The number of nitrogens with zero attached hydrogens (tertiary/aromatic N) is 6. The van der Waals surface area contributed by atoms with Gasteiger partial charge in [0.15, 0.2) is 0 Å². The van der Waals surface area contributed by atoms with E-state index in [-0.39, 0.29) is 11.6 Å². The van der Waals surface area contributed by atoms with Crippen LogP contribution < -0.4 is 10.6 Å². The first kappa shape index (κ1) is 29.1. The minimum atomic E-state index is -0.234. The zero-order valence-electron chi connectivity index (χ0n) is 25.8. The quantitative estimate of drug-likeness (QED) is 0.223. The van der Waals surface area contributed by atoms with Gasteiger partial charge in [-0.15, -0.1) is 5.10 Å². The molecule has 2 saturated carbocycles. The molecular weight excluding hydrogens is 568 g/mol. The van der Waals surface area contributed by atoms with Crippen molar-refractivity contribution in [1.82, 2.24) is 24.9 Å². The lowest BCUT2D eigenvalue weighted by Crippen LogP contribution is -2.46. The van der Waals surface area contributed by atoms with Gasteiger partial charge in [0, 0.05) is 41.9 Å². The van der Waals surface area contributed by atoms with Gasteiger partial charge in [0.25, 0.3) is 0 Å². The molecule has 0 radical (unpaired) electrons. The lowest BCUT2D eigenvalue weighted by molar-refractivity contribution is 0.0866. The fraction of sp³-hybridized carbons (Fsp3) is 0.486. The van der Waals surface area contributed by atoms with Gasteiger partial charge in [-0.2, -0.15) is 5.26 Å². The summed E-state index contributed by atoms with van der Waals surface area (Å²) in [5, 5.41) is 28.3. The number of benzene rings is 2. The van der Waals surface area contributed by atoms with Crippen LogP contribution in [0, 0.1) is 23.2 Å². The van der Waals surface area contributed by atoms with Crippen LogP contribution in [-0.2, 0) is 0 Å². The van der Waals surface area contributed by atoms with Crippen LogP contribution in [-0.4, -0.2) is 49.5 Å². The molecule has 44 heavy (non-hydrogen) atoms. The Labute approximate surface area is 264 Å². The predicted molar refractivity (Wildman–Crippen MR) is 176 cm³/mol. The Kier molecular flexibility index (Phi) is 7.72. The van der Waals surface area contributed by atoms with Gasteiger partial charge < -0.3 is 10.6 Å². The van der Waals surface area contributed by atoms with Crippen LogP contribution in [0.25, 0.3) is 10.9 Å². The Hall–Kier alpha value is -3.67. The van der Waals surface area contributed by atoms with E-state index >= 15 is 0 Å². The molecule has 2 bridgehead atoms. The summed E-state index contributed by atoms with van der Waals surface area (Å²) in [6.45, 7) is 8.95. The molecule has 4 atom stereocenters. The minimum Gasteiger partial charge on any atom is -0.380 e. The van der Waals surface area contributed by atoms with Crippen molar-refractivity contribution in [1.29, 1.82) is 5.26 Å². The van der Waals surface area contributed by atoms with E-state index in [1.165, 1.54) is 19.3 Å². The Bertz CT molecular complexity index is 1680. The zero-order valence-corrected chi connectivity index (χ0v) is 26.6. The van der Waals surface area contributed by atoms with E-state index in [9.17, 15) is 5.26 Å². The standard InChI is InChI=1S/C35H41ClN8/c1-35(2,3)43-13-11-27(12-14-43)44-21-31(41-42-44)33(23-7-5-4-6-8-23)39-26-17-28-32(40-30-16-22-9-10-24(30)15-22)25(19-37)20-38-34(28)29(36)18-26/h4-8,17-18,20-22,24,27,30,33,39H,9-16H2,1-3H3,(H,38,40). The Balaban J connectivity index is 1.20. The molecule has 3 fully saturated rings. The fourth-order valence-electron chi connectivity index (χ4n) is 7.73. The second kappa shape index (κ2) is 11.7. The van der Waals surface area contributed by atoms with Gasteiger partial charge in [0.1, 0.15) is 11.8 Å². The molecule has 0 amide bonds. The molecule has 4 aromatic rings. The first-order valence-corrected chi connectivity index (χ1v) is 16.4. The number of anilines is 2. The first-order valence-electron chi connectivity index (χ1n) is 16.0. The molecule has 1 aliphatic heterocycles. The highest BCUT2D eigenvalue weighted by Gasteiger charge is 2.40. The normalized spacial score (nSPS) is 23.1. The van der Waals surface area contributed by atoms with Gasteiger partial charge in [0.2, 0.25) is 0 Å². The van der Waals surface area contributed by atoms with Crippen molar-refractivity contribution in [2.45, 2.75) is 83.0 Å². The topological polar surface area (TPSA) is 94.7 Å². The van der Waals surface area contributed by atoms with E-state index in [0.717, 1.165) is 66.3 Å². The Morgan fingerprint density at radius 3 is 2.52 bits per heavy atom. The molecule has 4 unspecified atom stereocenters. The van der Waals surface area contributed by atoms with Crippen LogP contribution in [0.1, 0.15) is 88.2 Å². The number of likely N-dealkylation sites (tertiary alicyclic amines) is 1. The Morgan fingerprint density at radius 1 is 1.05 bits per heavy atom. The molecular formula is C35H41ClN8. The summed E-state index contributed by atoms with van der Waals surface area (Å²) in [7, 11) is 0. The summed E-state index contributed by atoms with van der Waals surface area (Å²) < 4.78 is 2.06. The minimum absolute atomic E-state index is 0.178. The van der Waals surface area contributed by atoms with E-state index in [1.54, 1.807) is 6.20 Å². The molecule has 2 N–H and O–H groups in total. The maximum Gasteiger partial charge on any atom is 0.109 e. The molecule has 228 valence electrons. The van der Waals surface area contributed by atoms with E-state index in [4.69, 9.17) is 11.6 Å². The molecule has 1 saturated heterocycles. The lowest BCUT2D eigenvalue weighted by Gasteiger charge is -2.40. The Morgan fingerprint density at radius 2 is 1.84 bits per heavy atom. The molecule has 2 aromatic carbocycles. The van der Waals surface area contributed by atoms with Gasteiger partial charge in [0.05, 0.1) is 40.1 Å². The molecule has 9 heteroatoms. The molecule has 8 nitrogen and oxygen atoms in total. The van der Waals surface area contributed by atoms with Crippen molar-refractivity contribution < 1.29 is 0 Å². The molecule has 2 aromatic heterocycles. The molecule has 7 rings (SSSR count). The van der Waals surface area contributed by atoms with Gasteiger partial charge in [-0.1, -0.05) is 53.6 Å². The van der Waals surface area contributed by atoms with Gasteiger partial charge >= 0.3 is 0 Å². The number of nitriles is 1. The number of piperidine rings is 1. The van der Waals surface area contributed by atoms with Crippen molar-refractivity contribution in [3.63, 3.8) is 0 Å². The summed E-state index contributed by atoms with van der Waals surface area (Å²) in [5.41, 5.74) is 5.05. The average molecular weight is 609 g/mol. The van der Waals surface area contributed by atoms with Crippen molar-refractivity contribution in [2.24, 2.45) is 11.8 Å². The third kappa shape index (κ3) is 5.64. The summed E-state index contributed by atoms with van der Waals surface area (Å²) in [4.78, 5) is 7.14. The summed E-state index contributed by atoms with van der Waals surface area (Å²) >= 11 is 6.89. The number of halogens is 1. The molecule has 2 aliphatic carbocycles. The number of hydrogen-bond donors (Lipinski definition) is 2. The number of fused-ring (bicyclic) bond motifs is 3.